The molecule has 1 heterocycles. The second kappa shape index (κ2) is 9.27. The lowest BCUT2D eigenvalue weighted by molar-refractivity contribution is -0.121. The highest BCUT2D eigenvalue weighted by Crippen LogP contribution is 2.25. The molecule has 0 saturated carbocycles. The van der Waals surface area contributed by atoms with Gasteiger partial charge >= 0.3 is 0 Å². The molecule has 1 atom stereocenters. The monoisotopic (exact) mass is 399 g/mol. The van der Waals surface area contributed by atoms with Crippen molar-refractivity contribution in [2.75, 3.05) is 6.61 Å². The number of rotatable bonds is 8. The van der Waals surface area contributed by atoms with E-state index in [9.17, 15) is 4.79 Å². The minimum Gasteiger partial charge on any atom is -0.494 e. The number of aryl methyl sites for hydroxylation is 1. The van der Waals surface area contributed by atoms with E-state index in [0.717, 1.165) is 33.5 Å². The third-order valence-electron chi connectivity index (χ3n) is 5.11. The lowest BCUT2D eigenvalue weighted by atomic mass is 9.97. The summed E-state index contributed by atoms with van der Waals surface area (Å²) in [6.45, 7) is 2.57. The standard InChI is InChI=1S/C25H25N3O2/c1-2-30-23-11-7-6-8-18(23)13-15-24(29)28-25(19-9-4-3-5-10-19)20-12-14-21-22(16-20)27-17-26-21/h3-12,14,16-17,25H,2,13,15H2,1H3,(H,26,27)(H,28,29). The maximum atomic E-state index is 12.9. The molecule has 4 aromatic rings. The van der Waals surface area contributed by atoms with Crippen LogP contribution in [-0.2, 0) is 11.2 Å². The maximum absolute atomic E-state index is 12.9. The quantitative estimate of drug-likeness (QED) is 0.447. The van der Waals surface area contributed by atoms with Gasteiger partial charge in [0.1, 0.15) is 5.75 Å². The summed E-state index contributed by atoms with van der Waals surface area (Å²) in [5.41, 5.74) is 4.96. The predicted octanol–water partition coefficient (Wildman–Crippen LogP) is 4.80. The summed E-state index contributed by atoms with van der Waals surface area (Å²) in [7, 11) is 0. The Kier molecular flexibility index (Phi) is 6.09. The van der Waals surface area contributed by atoms with E-state index in [0.29, 0.717) is 19.4 Å². The van der Waals surface area contributed by atoms with Crippen LogP contribution in [0.3, 0.4) is 0 Å². The lowest BCUT2D eigenvalue weighted by Crippen LogP contribution is -2.29. The van der Waals surface area contributed by atoms with E-state index in [2.05, 4.69) is 15.3 Å². The van der Waals surface area contributed by atoms with Crippen LogP contribution in [0.1, 0.15) is 36.1 Å². The minimum absolute atomic E-state index is 0.000128. The van der Waals surface area contributed by atoms with Crippen LogP contribution in [0.15, 0.2) is 79.1 Å². The van der Waals surface area contributed by atoms with Crippen LogP contribution < -0.4 is 10.1 Å². The third kappa shape index (κ3) is 4.51. The van der Waals surface area contributed by atoms with Crippen molar-refractivity contribution in [2.24, 2.45) is 0 Å². The van der Waals surface area contributed by atoms with Gasteiger partial charge in [-0.2, -0.15) is 0 Å². The van der Waals surface area contributed by atoms with Crippen LogP contribution >= 0.6 is 0 Å². The molecule has 2 N–H and O–H groups in total. The highest BCUT2D eigenvalue weighted by molar-refractivity contribution is 5.79. The van der Waals surface area contributed by atoms with Crippen molar-refractivity contribution >= 4 is 16.9 Å². The topological polar surface area (TPSA) is 67.0 Å². The van der Waals surface area contributed by atoms with E-state index in [1.54, 1.807) is 6.33 Å². The second-order valence-electron chi connectivity index (χ2n) is 7.13. The van der Waals surface area contributed by atoms with Crippen LogP contribution in [0, 0.1) is 0 Å². The van der Waals surface area contributed by atoms with Crippen LogP contribution in [0.5, 0.6) is 5.75 Å². The summed E-state index contributed by atoms with van der Waals surface area (Å²) in [6.07, 6.45) is 2.70. The number of carbonyl (C=O) groups is 1. The van der Waals surface area contributed by atoms with Crippen molar-refractivity contribution < 1.29 is 9.53 Å². The number of amides is 1. The molecule has 0 aliphatic heterocycles. The number of hydrogen-bond acceptors (Lipinski definition) is 3. The summed E-state index contributed by atoms with van der Waals surface area (Å²) in [4.78, 5) is 20.3. The highest BCUT2D eigenvalue weighted by atomic mass is 16.5. The molecular formula is C25H25N3O2. The Morgan fingerprint density at radius 2 is 1.83 bits per heavy atom. The molecule has 152 valence electrons. The van der Waals surface area contributed by atoms with Crippen molar-refractivity contribution in [3.05, 3.63) is 95.8 Å². The molecule has 0 saturated heterocycles. The smallest absolute Gasteiger partial charge is 0.221 e. The molecule has 1 aromatic heterocycles. The molecule has 5 heteroatoms. The van der Waals surface area contributed by atoms with Gasteiger partial charge in [0, 0.05) is 6.42 Å². The van der Waals surface area contributed by atoms with Crippen LogP contribution in [0.4, 0.5) is 0 Å². The summed E-state index contributed by atoms with van der Waals surface area (Å²) in [6, 6.07) is 23.7. The second-order valence-corrected chi connectivity index (χ2v) is 7.13. The van der Waals surface area contributed by atoms with Gasteiger partial charge in [0.2, 0.25) is 5.91 Å². The molecule has 0 aliphatic carbocycles. The Hall–Kier alpha value is -3.60. The van der Waals surface area contributed by atoms with E-state index >= 15 is 0 Å². The number of H-pyrrole nitrogens is 1. The zero-order valence-corrected chi connectivity index (χ0v) is 17.0. The zero-order valence-electron chi connectivity index (χ0n) is 17.0. The van der Waals surface area contributed by atoms with Gasteiger partial charge in [-0.1, -0.05) is 54.6 Å². The van der Waals surface area contributed by atoms with Gasteiger partial charge in [-0.05, 0) is 48.2 Å². The van der Waals surface area contributed by atoms with E-state index in [1.165, 1.54) is 0 Å². The summed E-state index contributed by atoms with van der Waals surface area (Å²) in [5.74, 6) is 0.844. The van der Waals surface area contributed by atoms with E-state index < -0.39 is 0 Å². The molecule has 0 fully saturated rings. The average Bonchev–Trinajstić information content (AvgIpc) is 3.25. The Bertz CT molecular complexity index is 1120. The molecular weight excluding hydrogens is 374 g/mol. The lowest BCUT2D eigenvalue weighted by Gasteiger charge is -2.20. The number of nitrogens with one attached hydrogen (secondary N) is 2. The molecule has 0 aliphatic rings. The number of ether oxygens (including phenoxy) is 1. The van der Waals surface area contributed by atoms with E-state index in [4.69, 9.17) is 4.74 Å². The Morgan fingerprint density at radius 1 is 1.03 bits per heavy atom. The van der Waals surface area contributed by atoms with Gasteiger partial charge in [0.05, 0.1) is 30.0 Å². The molecule has 0 radical (unpaired) electrons. The van der Waals surface area contributed by atoms with E-state index in [-0.39, 0.29) is 11.9 Å². The first-order valence-electron chi connectivity index (χ1n) is 10.2. The van der Waals surface area contributed by atoms with E-state index in [1.807, 2.05) is 79.7 Å². The molecule has 4 rings (SSSR count). The van der Waals surface area contributed by atoms with Gasteiger partial charge in [-0.15, -0.1) is 0 Å². The SMILES string of the molecule is CCOc1ccccc1CCC(=O)NC(c1ccccc1)c1ccc2nc[nH]c2c1. The fourth-order valence-electron chi connectivity index (χ4n) is 3.63. The Labute approximate surface area is 176 Å². The zero-order chi connectivity index (χ0) is 20.8. The first-order chi connectivity index (χ1) is 14.7. The molecule has 30 heavy (non-hydrogen) atoms. The number of fused-ring (bicyclic) bond motifs is 1. The molecule has 1 unspecified atom stereocenters. The summed E-state index contributed by atoms with van der Waals surface area (Å²) < 4.78 is 5.68. The average molecular weight is 399 g/mol. The van der Waals surface area contributed by atoms with Gasteiger partial charge in [0.15, 0.2) is 0 Å². The summed E-state index contributed by atoms with van der Waals surface area (Å²) >= 11 is 0. The Balaban J connectivity index is 1.53. The number of imidazole rings is 1. The van der Waals surface area contributed by atoms with Crippen LogP contribution in [0.2, 0.25) is 0 Å². The van der Waals surface area contributed by atoms with Crippen LogP contribution in [0.25, 0.3) is 11.0 Å². The number of benzene rings is 3. The van der Waals surface area contributed by atoms with Gasteiger partial charge in [0.25, 0.3) is 0 Å². The van der Waals surface area contributed by atoms with Gasteiger partial charge in [-0.3, -0.25) is 4.79 Å². The number of hydrogen-bond donors (Lipinski definition) is 2. The molecule has 0 bridgehead atoms. The number of nitrogens with zero attached hydrogens (tertiary/aromatic N) is 1. The van der Waals surface area contributed by atoms with Gasteiger partial charge in [-0.25, -0.2) is 4.98 Å². The van der Waals surface area contributed by atoms with Crippen molar-refractivity contribution in [2.45, 2.75) is 25.8 Å². The van der Waals surface area contributed by atoms with Crippen molar-refractivity contribution in [1.29, 1.82) is 0 Å². The predicted molar refractivity (Wildman–Crippen MR) is 118 cm³/mol. The largest absolute Gasteiger partial charge is 0.494 e. The normalized spacial score (nSPS) is 11.9. The highest BCUT2D eigenvalue weighted by Gasteiger charge is 2.18. The number of aromatic nitrogens is 2. The fourth-order valence-corrected chi connectivity index (χ4v) is 3.63. The number of aromatic amines is 1. The van der Waals surface area contributed by atoms with Crippen molar-refractivity contribution in [3.8, 4) is 5.75 Å². The van der Waals surface area contributed by atoms with Gasteiger partial charge < -0.3 is 15.0 Å². The molecule has 3 aromatic carbocycles. The van der Waals surface area contributed by atoms with Crippen LogP contribution in [-0.4, -0.2) is 22.5 Å². The third-order valence-corrected chi connectivity index (χ3v) is 5.11. The molecule has 1 amide bonds. The molecule has 5 nitrogen and oxygen atoms in total. The number of carbonyl (C=O) groups excluding carboxylic acids is 1. The minimum atomic E-state index is -0.228. The van der Waals surface area contributed by atoms with Crippen molar-refractivity contribution in [3.63, 3.8) is 0 Å². The molecule has 0 spiro atoms. The van der Waals surface area contributed by atoms with Crippen molar-refractivity contribution in [1.82, 2.24) is 15.3 Å². The Morgan fingerprint density at radius 3 is 2.67 bits per heavy atom. The maximum Gasteiger partial charge on any atom is 0.221 e. The summed E-state index contributed by atoms with van der Waals surface area (Å²) in [5, 5.41) is 3.21. The first-order valence-corrected chi connectivity index (χ1v) is 10.2. The number of para-hydroxylation sites is 1. The fraction of sp³-hybridized carbons (Fsp3) is 0.200. The first kappa shape index (κ1) is 19.7.